The maximum Gasteiger partial charge on any atom is 0.305 e. The number of aliphatic carboxylic acids is 1. The van der Waals surface area contributed by atoms with Crippen LogP contribution in [0.5, 0.6) is 0 Å². The fraction of sp³-hybridized carbons (Fsp3) is 0.133. The number of carbonyl (C=O) groups is 2. The zero-order chi connectivity index (χ0) is 15.2. The van der Waals surface area contributed by atoms with Gasteiger partial charge in [-0.15, -0.1) is 0 Å². The average Bonchev–Trinajstić information content (AvgIpc) is 2.47. The lowest BCUT2D eigenvalue weighted by Crippen LogP contribution is -2.30. The second-order valence-corrected chi connectivity index (χ2v) is 4.86. The molecule has 0 fully saturated rings. The number of halogens is 1. The third-order valence-corrected chi connectivity index (χ3v) is 3.09. The Morgan fingerprint density at radius 3 is 2.71 bits per heavy atom. The van der Waals surface area contributed by atoms with Crippen LogP contribution in [0.1, 0.15) is 28.4 Å². The summed E-state index contributed by atoms with van der Waals surface area (Å²) in [5, 5.41) is 12.2. The van der Waals surface area contributed by atoms with Crippen molar-refractivity contribution in [3.63, 3.8) is 0 Å². The van der Waals surface area contributed by atoms with E-state index in [1.165, 1.54) is 6.20 Å². The molecular weight excluding hydrogens is 292 g/mol. The molecule has 1 aromatic heterocycles. The van der Waals surface area contributed by atoms with Crippen LogP contribution in [0, 0.1) is 0 Å². The second-order valence-electron chi connectivity index (χ2n) is 4.42. The van der Waals surface area contributed by atoms with Gasteiger partial charge in [0, 0.05) is 17.4 Å². The predicted octanol–water partition coefficient (Wildman–Crippen LogP) is 2.68. The Hall–Kier alpha value is -2.40. The molecule has 108 valence electrons. The summed E-state index contributed by atoms with van der Waals surface area (Å²) in [7, 11) is 0. The molecule has 0 saturated heterocycles. The first-order chi connectivity index (χ1) is 10.1. The third kappa shape index (κ3) is 4.29. The van der Waals surface area contributed by atoms with Gasteiger partial charge >= 0.3 is 5.97 Å². The molecule has 0 aliphatic carbocycles. The summed E-state index contributed by atoms with van der Waals surface area (Å²) in [6.45, 7) is 0. The topological polar surface area (TPSA) is 79.3 Å². The molecule has 2 rings (SSSR count). The Labute approximate surface area is 126 Å². The number of benzene rings is 1. The Kier molecular flexibility index (Phi) is 4.90. The third-order valence-electron chi connectivity index (χ3n) is 2.86. The summed E-state index contributed by atoms with van der Waals surface area (Å²) in [5.74, 6) is -1.39. The summed E-state index contributed by atoms with van der Waals surface area (Å²) >= 11 is 5.91. The second kappa shape index (κ2) is 6.85. The van der Waals surface area contributed by atoms with Crippen molar-refractivity contribution in [3.05, 3.63) is 64.9 Å². The summed E-state index contributed by atoms with van der Waals surface area (Å²) in [6.07, 6.45) is 2.75. The normalized spacial score (nSPS) is 11.7. The molecule has 1 atom stereocenters. The molecule has 1 unspecified atom stereocenters. The number of pyridine rings is 1. The lowest BCUT2D eigenvalue weighted by molar-refractivity contribution is -0.137. The van der Waals surface area contributed by atoms with Gasteiger partial charge in [-0.3, -0.25) is 14.6 Å². The van der Waals surface area contributed by atoms with Crippen LogP contribution >= 0.6 is 11.6 Å². The highest BCUT2D eigenvalue weighted by molar-refractivity contribution is 6.30. The molecule has 1 amide bonds. The van der Waals surface area contributed by atoms with Crippen molar-refractivity contribution in [2.24, 2.45) is 0 Å². The summed E-state index contributed by atoms with van der Waals surface area (Å²) in [4.78, 5) is 27.0. The maximum atomic E-state index is 12.1. The van der Waals surface area contributed by atoms with Gasteiger partial charge in [0.05, 0.1) is 18.0 Å². The van der Waals surface area contributed by atoms with Crippen LogP contribution in [0.15, 0.2) is 48.8 Å². The monoisotopic (exact) mass is 304 g/mol. The molecule has 0 radical (unpaired) electrons. The Morgan fingerprint density at radius 2 is 2.10 bits per heavy atom. The van der Waals surface area contributed by atoms with E-state index in [1.807, 2.05) is 0 Å². The molecule has 0 aliphatic heterocycles. The van der Waals surface area contributed by atoms with Crippen LogP contribution in [-0.2, 0) is 4.79 Å². The van der Waals surface area contributed by atoms with Gasteiger partial charge < -0.3 is 10.4 Å². The molecule has 0 bridgehead atoms. The SMILES string of the molecule is O=C(O)CC(NC(=O)c1cccnc1)c1cccc(Cl)c1. The van der Waals surface area contributed by atoms with E-state index in [-0.39, 0.29) is 12.3 Å². The van der Waals surface area contributed by atoms with Gasteiger partial charge in [-0.25, -0.2) is 0 Å². The number of aromatic nitrogens is 1. The number of carbonyl (C=O) groups excluding carboxylic acids is 1. The largest absolute Gasteiger partial charge is 0.481 e. The van der Waals surface area contributed by atoms with Crippen LogP contribution in [0.25, 0.3) is 0 Å². The molecule has 0 aliphatic rings. The van der Waals surface area contributed by atoms with E-state index in [1.54, 1.807) is 42.6 Å². The van der Waals surface area contributed by atoms with Gasteiger partial charge in [0.1, 0.15) is 0 Å². The molecule has 5 nitrogen and oxygen atoms in total. The molecule has 0 saturated carbocycles. The Balaban J connectivity index is 2.21. The number of amides is 1. The Morgan fingerprint density at radius 1 is 1.29 bits per heavy atom. The first-order valence-corrected chi connectivity index (χ1v) is 6.62. The number of carboxylic acids is 1. The molecule has 0 spiro atoms. The van der Waals surface area contributed by atoms with Gasteiger partial charge in [0.15, 0.2) is 0 Å². The summed E-state index contributed by atoms with van der Waals surface area (Å²) < 4.78 is 0. The van der Waals surface area contributed by atoms with Crippen molar-refractivity contribution in [2.75, 3.05) is 0 Å². The van der Waals surface area contributed by atoms with E-state index in [4.69, 9.17) is 16.7 Å². The maximum absolute atomic E-state index is 12.1. The summed E-state index contributed by atoms with van der Waals surface area (Å²) in [5.41, 5.74) is 1.01. The van der Waals surface area contributed by atoms with Crippen molar-refractivity contribution < 1.29 is 14.7 Å². The Bertz CT molecular complexity index is 646. The molecule has 2 N–H and O–H groups in total. The van der Waals surface area contributed by atoms with E-state index in [0.29, 0.717) is 16.1 Å². The van der Waals surface area contributed by atoms with E-state index >= 15 is 0 Å². The zero-order valence-corrected chi connectivity index (χ0v) is 11.7. The van der Waals surface area contributed by atoms with E-state index < -0.39 is 12.0 Å². The molecule has 6 heteroatoms. The van der Waals surface area contributed by atoms with Crippen LogP contribution in [0.4, 0.5) is 0 Å². The van der Waals surface area contributed by atoms with Crippen molar-refractivity contribution in [3.8, 4) is 0 Å². The summed E-state index contributed by atoms with van der Waals surface area (Å²) in [6, 6.07) is 9.35. The van der Waals surface area contributed by atoms with E-state index in [9.17, 15) is 9.59 Å². The van der Waals surface area contributed by atoms with E-state index in [2.05, 4.69) is 10.3 Å². The first-order valence-electron chi connectivity index (χ1n) is 6.24. The first kappa shape index (κ1) is 15.0. The van der Waals surface area contributed by atoms with Crippen molar-refractivity contribution >= 4 is 23.5 Å². The molecule has 1 aromatic carbocycles. The number of hydrogen-bond acceptors (Lipinski definition) is 3. The van der Waals surface area contributed by atoms with Crippen molar-refractivity contribution in [2.45, 2.75) is 12.5 Å². The number of hydrogen-bond donors (Lipinski definition) is 2. The minimum Gasteiger partial charge on any atom is -0.481 e. The molecule has 1 heterocycles. The number of carboxylic acid groups (broad SMARTS) is 1. The van der Waals surface area contributed by atoms with Gasteiger partial charge in [-0.1, -0.05) is 23.7 Å². The highest BCUT2D eigenvalue weighted by Gasteiger charge is 2.19. The molecular formula is C15H13ClN2O3. The van der Waals surface area contributed by atoms with Gasteiger partial charge in [0.25, 0.3) is 5.91 Å². The fourth-order valence-electron chi connectivity index (χ4n) is 1.89. The van der Waals surface area contributed by atoms with Gasteiger partial charge in [0.2, 0.25) is 0 Å². The highest BCUT2D eigenvalue weighted by Crippen LogP contribution is 2.21. The van der Waals surface area contributed by atoms with Crippen LogP contribution in [0.2, 0.25) is 5.02 Å². The van der Waals surface area contributed by atoms with Gasteiger partial charge in [-0.05, 0) is 29.8 Å². The minimum atomic E-state index is -1.01. The minimum absolute atomic E-state index is 0.230. The predicted molar refractivity (Wildman–Crippen MR) is 78.1 cm³/mol. The van der Waals surface area contributed by atoms with Crippen LogP contribution in [-0.4, -0.2) is 22.0 Å². The van der Waals surface area contributed by atoms with Crippen molar-refractivity contribution in [1.29, 1.82) is 0 Å². The zero-order valence-electron chi connectivity index (χ0n) is 11.0. The highest BCUT2D eigenvalue weighted by atomic mass is 35.5. The van der Waals surface area contributed by atoms with Crippen LogP contribution < -0.4 is 5.32 Å². The van der Waals surface area contributed by atoms with Crippen molar-refractivity contribution in [1.82, 2.24) is 10.3 Å². The number of nitrogens with zero attached hydrogens (tertiary/aromatic N) is 1. The smallest absolute Gasteiger partial charge is 0.305 e. The standard InChI is InChI=1S/C15H13ClN2O3/c16-12-5-1-3-10(7-12)13(8-14(19)20)18-15(21)11-4-2-6-17-9-11/h1-7,9,13H,8H2,(H,18,21)(H,19,20). The fourth-order valence-corrected chi connectivity index (χ4v) is 2.09. The molecule has 21 heavy (non-hydrogen) atoms. The number of nitrogens with one attached hydrogen (secondary N) is 1. The van der Waals surface area contributed by atoms with Crippen LogP contribution in [0.3, 0.4) is 0 Å². The average molecular weight is 305 g/mol. The lowest BCUT2D eigenvalue weighted by atomic mass is 10.0. The lowest BCUT2D eigenvalue weighted by Gasteiger charge is -2.17. The van der Waals surface area contributed by atoms with Gasteiger partial charge in [-0.2, -0.15) is 0 Å². The van der Waals surface area contributed by atoms with E-state index in [0.717, 1.165) is 0 Å². The molecule has 2 aromatic rings. The quantitative estimate of drug-likeness (QED) is 0.890. The number of rotatable bonds is 5.